The van der Waals surface area contributed by atoms with E-state index in [-0.39, 0.29) is 12.3 Å². The van der Waals surface area contributed by atoms with E-state index in [1.807, 2.05) is 61.5 Å². The highest BCUT2D eigenvalue weighted by Gasteiger charge is 2.25. The van der Waals surface area contributed by atoms with Crippen molar-refractivity contribution in [3.63, 3.8) is 0 Å². The molecule has 5 nitrogen and oxygen atoms in total. The zero-order valence-electron chi connectivity index (χ0n) is 14.9. The summed E-state index contributed by atoms with van der Waals surface area (Å²) < 4.78 is 6.29. The van der Waals surface area contributed by atoms with E-state index in [2.05, 4.69) is 25.9 Å². The van der Waals surface area contributed by atoms with Crippen LogP contribution in [0.25, 0.3) is 11.3 Å². The molecule has 0 aliphatic heterocycles. The summed E-state index contributed by atoms with van der Waals surface area (Å²) in [6, 6.07) is 17.3. The summed E-state index contributed by atoms with van der Waals surface area (Å²) >= 11 is 3.42. The molecule has 6 heteroatoms. The number of nitrogens with one attached hydrogen (secondary N) is 2. The number of hydrogen-bond donors (Lipinski definition) is 2. The Morgan fingerprint density at radius 1 is 1.19 bits per heavy atom. The molecule has 0 saturated carbocycles. The third-order valence-corrected chi connectivity index (χ3v) is 4.80. The lowest BCUT2D eigenvalue weighted by Gasteiger charge is -2.13. The average molecular weight is 426 g/mol. The summed E-state index contributed by atoms with van der Waals surface area (Å²) in [7, 11) is 0. The van der Waals surface area contributed by atoms with Crippen molar-refractivity contribution in [2.45, 2.75) is 25.9 Å². The Hall–Kier alpha value is -2.73. The first-order valence-corrected chi connectivity index (χ1v) is 9.48. The minimum Gasteiger partial charge on any atom is -0.456 e. The molecule has 3 rings (SSSR count). The molecule has 1 atom stereocenters. The third-order valence-electron chi connectivity index (χ3n) is 4.27. The van der Waals surface area contributed by atoms with Crippen LogP contribution in [-0.2, 0) is 16.1 Å². The molecule has 1 heterocycles. The van der Waals surface area contributed by atoms with Crippen molar-refractivity contribution < 1.29 is 9.53 Å². The fourth-order valence-corrected chi connectivity index (χ4v) is 3.03. The van der Waals surface area contributed by atoms with Crippen LogP contribution in [-0.4, -0.2) is 21.6 Å². The summed E-state index contributed by atoms with van der Waals surface area (Å²) in [5.74, 6) is -0.457. The molecule has 0 saturated heterocycles. The van der Waals surface area contributed by atoms with Gasteiger partial charge in [-0.05, 0) is 29.7 Å². The van der Waals surface area contributed by atoms with E-state index < -0.39 is 11.9 Å². The van der Waals surface area contributed by atoms with Crippen molar-refractivity contribution in [3.05, 3.63) is 76.7 Å². The lowest BCUT2D eigenvalue weighted by molar-refractivity contribution is -0.137. The van der Waals surface area contributed by atoms with Crippen LogP contribution >= 0.6 is 15.9 Å². The number of aromatic nitrogens is 2. The first kappa shape index (κ1) is 19.0. The Bertz CT molecular complexity index is 920. The van der Waals surface area contributed by atoms with Gasteiger partial charge in [0.15, 0.2) is 0 Å². The number of halogens is 1. The number of aromatic amines is 1. The number of nitrogens with zero attached hydrogens (tertiary/aromatic N) is 1. The van der Waals surface area contributed by atoms with Crippen molar-refractivity contribution >= 4 is 27.6 Å². The molecule has 0 fully saturated rings. The van der Waals surface area contributed by atoms with Crippen molar-refractivity contribution in [2.24, 2.45) is 0 Å². The van der Waals surface area contributed by atoms with Gasteiger partial charge in [-0.2, -0.15) is 0 Å². The Morgan fingerprint density at radius 3 is 2.56 bits per heavy atom. The topological polar surface area (TPSA) is 78.8 Å². The van der Waals surface area contributed by atoms with Gasteiger partial charge in [-0.3, -0.25) is 5.41 Å². The maximum atomic E-state index is 12.3. The smallest absolute Gasteiger partial charge is 0.353 e. The molecule has 0 spiro atoms. The largest absolute Gasteiger partial charge is 0.456 e. The summed E-state index contributed by atoms with van der Waals surface area (Å²) in [5, 5.41) is 8.26. The van der Waals surface area contributed by atoms with E-state index >= 15 is 0 Å². The summed E-state index contributed by atoms with van der Waals surface area (Å²) in [6.07, 6.45) is 2.30. The van der Waals surface area contributed by atoms with Crippen LogP contribution in [0.2, 0.25) is 0 Å². The van der Waals surface area contributed by atoms with E-state index in [1.165, 1.54) is 0 Å². The van der Waals surface area contributed by atoms with Crippen LogP contribution in [0.5, 0.6) is 0 Å². The quantitative estimate of drug-likeness (QED) is 0.408. The highest BCUT2D eigenvalue weighted by molar-refractivity contribution is 9.10. The van der Waals surface area contributed by atoms with Gasteiger partial charge in [-0.1, -0.05) is 65.3 Å². The van der Waals surface area contributed by atoms with E-state index in [1.54, 1.807) is 6.20 Å². The van der Waals surface area contributed by atoms with Gasteiger partial charge < -0.3 is 9.72 Å². The zero-order chi connectivity index (χ0) is 19.2. The highest BCUT2D eigenvalue weighted by Crippen LogP contribution is 2.24. The number of rotatable bonds is 7. The number of carbonyl (C=O) groups is 1. The molecule has 0 aliphatic rings. The van der Waals surface area contributed by atoms with Crippen molar-refractivity contribution in [1.29, 1.82) is 5.41 Å². The normalized spacial score (nSPS) is 11.8. The third kappa shape index (κ3) is 4.71. The molecule has 2 N–H and O–H groups in total. The van der Waals surface area contributed by atoms with Crippen LogP contribution in [0.1, 0.15) is 30.7 Å². The van der Waals surface area contributed by atoms with Crippen LogP contribution in [0.4, 0.5) is 0 Å². The molecular weight excluding hydrogens is 406 g/mol. The first-order chi connectivity index (χ1) is 13.1. The average Bonchev–Trinajstić information content (AvgIpc) is 3.17. The van der Waals surface area contributed by atoms with Gasteiger partial charge in [0, 0.05) is 4.47 Å². The van der Waals surface area contributed by atoms with Gasteiger partial charge >= 0.3 is 5.97 Å². The number of esters is 1. The summed E-state index contributed by atoms with van der Waals surface area (Å²) in [6.45, 7) is 2.08. The number of carbonyl (C=O) groups excluding carboxylic acids is 1. The number of ether oxygens (including phenoxy) is 1. The number of H-pyrrole nitrogens is 1. The van der Waals surface area contributed by atoms with Crippen LogP contribution in [0.15, 0.2) is 65.3 Å². The van der Waals surface area contributed by atoms with Gasteiger partial charge in [0.25, 0.3) is 0 Å². The van der Waals surface area contributed by atoms with Crippen LogP contribution < -0.4 is 0 Å². The summed E-state index contributed by atoms with van der Waals surface area (Å²) in [5.41, 5.74) is 2.64. The van der Waals surface area contributed by atoms with Crippen LogP contribution in [0, 0.1) is 5.41 Å². The van der Waals surface area contributed by atoms with Gasteiger partial charge in [0.2, 0.25) is 0 Å². The Morgan fingerprint density at radius 2 is 1.89 bits per heavy atom. The van der Waals surface area contributed by atoms with Gasteiger partial charge in [0.05, 0.1) is 17.8 Å². The number of hydrogen-bond acceptors (Lipinski definition) is 4. The maximum absolute atomic E-state index is 12.3. The van der Waals surface area contributed by atoms with Crippen molar-refractivity contribution in [1.82, 2.24) is 9.97 Å². The Labute approximate surface area is 166 Å². The monoisotopic (exact) mass is 425 g/mol. The highest BCUT2D eigenvalue weighted by atomic mass is 79.9. The molecule has 0 aliphatic carbocycles. The number of imidazole rings is 1. The van der Waals surface area contributed by atoms with Gasteiger partial charge in [-0.25, -0.2) is 9.78 Å². The predicted molar refractivity (Wildman–Crippen MR) is 109 cm³/mol. The molecule has 3 aromatic rings. The van der Waals surface area contributed by atoms with Gasteiger partial charge in [0.1, 0.15) is 18.1 Å². The van der Waals surface area contributed by atoms with Gasteiger partial charge in [-0.15, -0.1) is 0 Å². The van der Waals surface area contributed by atoms with Crippen molar-refractivity contribution in [3.8, 4) is 11.3 Å². The fraction of sp³-hybridized carbons (Fsp3) is 0.190. The molecule has 2 aromatic carbocycles. The Kier molecular flexibility index (Phi) is 6.19. The molecule has 1 unspecified atom stereocenters. The molecule has 0 amide bonds. The van der Waals surface area contributed by atoms with Crippen molar-refractivity contribution in [2.75, 3.05) is 0 Å². The minimum atomic E-state index is -0.618. The zero-order valence-corrected chi connectivity index (χ0v) is 16.5. The van der Waals surface area contributed by atoms with E-state index in [4.69, 9.17) is 10.1 Å². The molecule has 0 bridgehead atoms. The van der Waals surface area contributed by atoms with E-state index in [0.717, 1.165) is 21.3 Å². The first-order valence-electron chi connectivity index (χ1n) is 8.68. The predicted octanol–water partition coefficient (Wildman–Crippen LogP) is 5.10. The second-order valence-corrected chi connectivity index (χ2v) is 7.04. The lowest BCUT2D eigenvalue weighted by atomic mass is 9.99. The molecule has 138 valence electrons. The standard InChI is InChI=1S/C21H20BrN3O2/c1-2-17(19(23)21(26)27-13-14-6-4-3-5-7-14)20-24-12-18(25-20)15-8-10-16(22)11-9-15/h3-12,17,23H,2,13H2,1H3,(H,24,25). The maximum Gasteiger partial charge on any atom is 0.353 e. The fourth-order valence-electron chi connectivity index (χ4n) is 2.77. The number of benzene rings is 2. The van der Waals surface area contributed by atoms with E-state index in [0.29, 0.717) is 12.2 Å². The Balaban J connectivity index is 1.69. The second kappa shape index (κ2) is 8.77. The molecule has 27 heavy (non-hydrogen) atoms. The SMILES string of the molecule is CCC(C(=N)C(=O)OCc1ccccc1)c1ncc(-c2ccc(Br)cc2)[nH]1. The molecular formula is C21H20BrN3O2. The second-order valence-electron chi connectivity index (χ2n) is 6.13. The van der Waals surface area contributed by atoms with E-state index in [9.17, 15) is 4.79 Å². The molecule has 1 aromatic heterocycles. The lowest BCUT2D eigenvalue weighted by Crippen LogP contribution is -2.24. The minimum absolute atomic E-state index is 0.0925. The molecule has 0 radical (unpaired) electrons. The van der Waals surface area contributed by atoms with Crippen LogP contribution in [0.3, 0.4) is 0 Å². The summed E-state index contributed by atoms with van der Waals surface area (Å²) in [4.78, 5) is 19.9.